The average molecular weight is 278 g/mol. The van der Waals surface area contributed by atoms with Gasteiger partial charge in [-0.15, -0.1) is 0 Å². The molecule has 0 saturated heterocycles. The molecular weight excluding hydrogens is 263 g/mol. The summed E-state index contributed by atoms with van der Waals surface area (Å²) in [5.74, 6) is 0.781. The highest BCUT2D eigenvalue weighted by atomic mass is 19.1. The zero-order chi connectivity index (χ0) is 14.5. The Bertz CT molecular complexity index is 598. The standard InChI is InChI=1S/C15H15FO4/c1-19-15-6-10(8-17)2-4-14(15)20-13-5-3-12(16)7-11(13)9-18/h2-7,17-18H,8-9H2,1H3. The minimum Gasteiger partial charge on any atom is -0.493 e. The van der Waals surface area contributed by atoms with Gasteiger partial charge < -0.3 is 19.7 Å². The first kappa shape index (κ1) is 14.3. The van der Waals surface area contributed by atoms with E-state index in [1.807, 2.05) is 0 Å². The smallest absolute Gasteiger partial charge is 0.169 e. The molecule has 0 fully saturated rings. The minimum atomic E-state index is -0.441. The van der Waals surface area contributed by atoms with E-state index in [2.05, 4.69) is 0 Å². The fourth-order valence-electron chi connectivity index (χ4n) is 1.78. The Morgan fingerprint density at radius 3 is 2.35 bits per heavy atom. The van der Waals surface area contributed by atoms with Crippen molar-refractivity contribution in [2.45, 2.75) is 13.2 Å². The maximum absolute atomic E-state index is 13.1. The molecule has 4 nitrogen and oxygen atoms in total. The van der Waals surface area contributed by atoms with Crippen molar-refractivity contribution in [3.8, 4) is 17.2 Å². The predicted octanol–water partition coefficient (Wildman–Crippen LogP) is 2.61. The van der Waals surface area contributed by atoms with Gasteiger partial charge in [0.1, 0.15) is 11.6 Å². The lowest BCUT2D eigenvalue weighted by Crippen LogP contribution is -1.96. The quantitative estimate of drug-likeness (QED) is 0.882. The highest BCUT2D eigenvalue weighted by molar-refractivity contribution is 5.46. The third-order valence-electron chi connectivity index (χ3n) is 2.82. The molecule has 0 saturated carbocycles. The maximum Gasteiger partial charge on any atom is 0.169 e. The highest BCUT2D eigenvalue weighted by Crippen LogP contribution is 2.34. The predicted molar refractivity (Wildman–Crippen MR) is 71.3 cm³/mol. The maximum atomic E-state index is 13.1. The molecule has 2 rings (SSSR count). The average Bonchev–Trinajstić information content (AvgIpc) is 2.49. The van der Waals surface area contributed by atoms with E-state index in [0.717, 1.165) is 0 Å². The molecule has 0 radical (unpaired) electrons. The molecule has 5 heteroatoms. The van der Waals surface area contributed by atoms with Crippen molar-refractivity contribution in [1.29, 1.82) is 0 Å². The third-order valence-corrected chi connectivity index (χ3v) is 2.82. The normalized spacial score (nSPS) is 10.4. The Hall–Kier alpha value is -2.11. The van der Waals surface area contributed by atoms with E-state index < -0.39 is 5.82 Å². The number of hydrogen-bond acceptors (Lipinski definition) is 4. The van der Waals surface area contributed by atoms with Gasteiger partial charge in [-0.1, -0.05) is 6.07 Å². The van der Waals surface area contributed by atoms with Crippen LogP contribution in [0.2, 0.25) is 0 Å². The number of aliphatic hydroxyl groups excluding tert-OH is 2. The van der Waals surface area contributed by atoms with Crippen molar-refractivity contribution in [3.63, 3.8) is 0 Å². The van der Waals surface area contributed by atoms with Gasteiger partial charge in [0, 0.05) is 5.56 Å². The van der Waals surface area contributed by atoms with Crippen LogP contribution < -0.4 is 9.47 Å². The van der Waals surface area contributed by atoms with Crippen LogP contribution in [-0.4, -0.2) is 17.3 Å². The van der Waals surface area contributed by atoms with Crippen molar-refractivity contribution < 1.29 is 24.1 Å². The fourth-order valence-corrected chi connectivity index (χ4v) is 1.78. The van der Waals surface area contributed by atoms with Gasteiger partial charge in [0.2, 0.25) is 0 Å². The van der Waals surface area contributed by atoms with Crippen LogP contribution in [-0.2, 0) is 13.2 Å². The summed E-state index contributed by atoms with van der Waals surface area (Å²) in [5, 5.41) is 18.3. The second-order valence-electron chi connectivity index (χ2n) is 4.16. The molecule has 0 aliphatic heterocycles. The number of benzene rings is 2. The summed E-state index contributed by atoms with van der Waals surface area (Å²) in [6.07, 6.45) is 0. The molecule has 106 valence electrons. The third kappa shape index (κ3) is 3.07. The molecular formula is C15H15FO4. The summed E-state index contributed by atoms with van der Waals surface area (Å²) in [6.45, 7) is -0.431. The summed E-state index contributed by atoms with van der Waals surface area (Å²) in [4.78, 5) is 0. The van der Waals surface area contributed by atoms with Gasteiger partial charge >= 0.3 is 0 Å². The zero-order valence-corrected chi connectivity index (χ0v) is 11.0. The molecule has 0 heterocycles. The van der Waals surface area contributed by atoms with Crippen LogP contribution in [0.1, 0.15) is 11.1 Å². The van der Waals surface area contributed by atoms with Crippen LogP contribution in [0.4, 0.5) is 4.39 Å². The second kappa shape index (κ2) is 6.36. The summed E-state index contributed by atoms with van der Waals surface area (Å²) >= 11 is 0. The SMILES string of the molecule is COc1cc(CO)ccc1Oc1ccc(F)cc1CO. The van der Waals surface area contributed by atoms with Gasteiger partial charge in [0.15, 0.2) is 11.5 Å². The van der Waals surface area contributed by atoms with Crippen LogP contribution in [0.15, 0.2) is 36.4 Å². The van der Waals surface area contributed by atoms with Crippen molar-refractivity contribution in [1.82, 2.24) is 0 Å². The molecule has 2 N–H and O–H groups in total. The summed E-state index contributed by atoms with van der Waals surface area (Å²) < 4.78 is 23.9. The number of hydrogen-bond donors (Lipinski definition) is 2. The van der Waals surface area contributed by atoms with E-state index in [1.54, 1.807) is 18.2 Å². The zero-order valence-electron chi connectivity index (χ0n) is 11.0. The molecule has 0 atom stereocenters. The summed E-state index contributed by atoms with van der Waals surface area (Å²) in [6, 6.07) is 8.90. The van der Waals surface area contributed by atoms with E-state index >= 15 is 0 Å². The minimum absolute atomic E-state index is 0.102. The van der Waals surface area contributed by atoms with Crippen LogP contribution in [0.5, 0.6) is 17.2 Å². The monoisotopic (exact) mass is 278 g/mol. The molecule has 0 amide bonds. The van der Waals surface area contributed by atoms with E-state index in [9.17, 15) is 9.50 Å². The second-order valence-corrected chi connectivity index (χ2v) is 4.16. The van der Waals surface area contributed by atoms with Gasteiger partial charge in [-0.05, 0) is 35.9 Å². The lowest BCUT2D eigenvalue weighted by atomic mass is 10.2. The number of halogens is 1. The van der Waals surface area contributed by atoms with Gasteiger partial charge in [-0.2, -0.15) is 0 Å². The first-order valence-corrected chi connectivity index (χ1v) is 6.03. The van der Waals surface area contributed by atoms with Crippen LogP contribution in [0.3, 0.4) is 0 Å². The van der Waals surface area contributed by atoms with Crippen LogP contribution in [0.25, 0.3) is 0 Å². The largest absolute Gasteiger partial charge is 0.493 e. The van der Waals surface area contributed by atoms with E-state index in [1.165, 1.54) is 25.3 Å². The summed E-state index contributed by atoms with van der Waals surface area (Å²) in [7, 11) is 1.49. The van der Waals surface area contributed by atoms with E-state index in [4.69, 9.17) is 14.6 Å². The van der Waals surface area contributed by atoms with Gasteiger partial charge in [-0.25, -0.2) is 4.39 Å². The van der Waals surface area contributed by atoms with Gasteiger partial charge in [-0.3, -0.25) is 0 Å². The molecule has 0 aromatic heterocycles. The lowest BCUT2D eigenvalue weighted by molar-refractivity contribution is 0.274. The van der Waals surface area contributed by atoms with Crippen LogP contribution in [0, 0.1) is 5.82 Å². The van der Waals surface area contributed by atoms with Crippen molar-refractivity contribution in [3.05, 3.63) is 53.3 Å². The molecule has 0 aliphatic carbocycles. The van der Waals surface area contributed by atoms with Crippen LogP contribution >= 0.6 is 0 Å². The number of ether oxygens (including phenoxy) is 2. The molecule has 20 heavy (non-hydrogen) atoms. The van der Waals surface area contributed by atoms with E-state index in [0.29, 0.717) is 28.4 Å². The number of aliphatic hydroxyl groups is 2. The Morgan fingerprint density at radius 1 is 0.950 bits per heavy atom. The molecule has 2 aromatic carbocycles. The molecule has 0 bridgehead atoms. The molecule has 2 aromatic rings. The van der Waals surface area contributed by atoms with Gasteiger partial charge in [0.25, 0.3) is 0 Å². The van der Waals surface area contributed by atoms with Crippen molar-refractivity contribution >= 4 is 0 Å². The Balaban J connectivity index is 2.34. The van der Waals surface area contributed by atoms with E-state index in [-0.39, 0.29) is 13.2 Å². The Morgan fingerprint density at radius 2 is 1.70 bits per heavy atom. The molecule has 0 aliphatic rings. The first-order valence-electron chi connectivity index (χ1n) is 6.03. The van der Waals surface area contributed by atoms with Crippen molar-refractivity contribution in [2.75, 3.05) is 7.11 Å². The Labute approximate surface area is 116 Å². The van der Waals surface area contributed by atoms with Gasteiger partial charge in [0.05, 0.1) is 20.3 Å². The Kier molecular flexibility index (Phi) is 4.55. The highest BCUT2D eigenvalue weighted by Gasteiger charge is 2.10. The number of rotatable bonds is 5. The molecule has 0 spiro atoms. The fraction of sp³-hybridized carbons (Fsp3) is 0.200. The topological polar surface area (TPSA) is 58.9 Å². The molecule has 0 unspecified atom stereocenters. The number of methoxy groups -OCH3 is 1. The lowest BCUT2D eigenvalue weighted by Gasteiger charge is -2.13. The van der Waals surface area contributed by atoms with Crippen molar-refractivity contribution in [2.24, 2.45) is 0 Å². The first-order chi connectivity index (χ1) is 9.67. The summed E-state index contributed by atoms with van der Waals surface area (Å²) in [5.41, 5.74) is 1.04.